The number of imidazole rings is 1. The predicted molar refractivity (Wildman–Crippen MR) is 76.3 cm³/mol. The van der Waals surface area contributed by atoms with E-state index in [1.807, 2.05) is 31.2 Å². The summed E-state index contributed by atoms with van der Waals surface area (Å²) in [5.41, 5.74) is 0.967. The number of aryl methyl sites for hydroxylation is 2. The molecule has 1 unspecified atom stereocenters. The maximum atomic E-state index is 10.9. The number of ether oxygens (including phenoxy) is 1. The smallest absolute Gasteiger partial charge is 0.342 e. The first-order valence-electron chi connectivity index (χ1n) is 6.52. The van der Waals surface area contributed by atoms with Crippen molar-refractivity contribution in [3.8, 4) is 5.75 Å². The molecule has 7 nitrogen and oxygen atoms in total. The van der Waals surface area contributed by atoms with Gasteiger partial charge >= 0.3 is 5.82 Å². The molecule has 0 aliphatic heterocycles. The number of aromatic nitrogens is 2. The van der Waals surface area contributed by atoms with Crippen LogP contribution in [-0.4, -0.2) is 32.3 Å². The first-order valence-corrected chi connectivity index (χ1v) is 6.52. The average molecular weight is 291 g/mol. The molecule has 1 atom stereocenters. The van der Waals surface area contributed by atoms with Gasteiger partial charge in [0.2, 0.25) is 0 Å². The summed E-state index contributed by atoms with van der Waals surface area (Å²) in [5.74, 6) is 1.03. The van der Waals surface area contributed by atoms with Gasteiger partial charge < -0.3 is 20.0 Å². The molecule has 1 aromatic heterocycles. The molecule has 1 aromatic carbocycles. The second kappa shape index (κ2) is 6.36. The van der Waals surface area contributed by atoms with Crippen LogP contribution in [0.5, 0.6) is 5.75 Å². The molecule has 0 aliphatic rings. The molecule has 21 heavy (non-hydrogen) atoms. The SMILES string of the molecule is Cc1ccccc1OCC(O)Cn1c([N+](=O)[O-])cnc1C. The number of benzene rings is 1. The molecular weight excluding hydrogens is 274 g/mol. The van der Waals surface area contributed by atoms with E-state index in [1.165, 1.54) is 10.8 Å². The molecule has 0 saturated heterocycles. The topological polar surface area (TPSA) is 90.4 Å². The second-order valence-corrected chi connectivity index (χ2v) is 4.76. The minimum absolute atomic E-state index is 0.0552. The first kappa shape index (κ1) is 15.0. The summed E-state index contributed by atoms with van der Waals surface area (Å²) in [7, 11) is 0. The lowest BCUT2D eigenvalue weighted by Gasteiger charge is -2.13. The highest BCUT2D eigenvalue weighted by Crippen LogP contribution is 2.17. The van der Waals surface area contributed by atoms with Crippen LogP contribution in [0.1, 0.15) is 11.4 Å². The van der Waals surface area contributed by atoms with E-state index < -0.39 is 11.0 Å². The van der Waals surface area contributed by atoms with E-state index in [-0.39, 0.29) is 19.0 Å². The van der Waals surface area contributed by atoms with Crippen molar-refractivity contribution < 1.29 is 14.8 Å². The highest BCUT2D eigenvalue weighted by Gasteiger charge is 2.20. The van der Waals surface area contributed by atoms with Gasteiger partial charge in [0.1, 0.15) is 31.2 Å². The monoisotopic (exact) mass is 291 g/mol. The largest absolute Gasteiger partial charge is 0.490 e. The van der Waals surface area contributed by atoms with Crippen molar-refractivity contribution in [2.45, 2.75) is 26.5 Å². The van der Waals surface area contributed by atoms with Crippen LogP contribution in [0.25, 0.3) is 0 Å². The van der Waals surface area contributed by atoms with Crippen molar-refractivity contribution in [1.82, 2.24) is 9.55 Å². The highest BCUT2D eigenvalue weighted by atomic mass is 16.6. The molecule has 2 rings (SSSR count). The second-order valence-electron chi connectivity index (χ2n) is 4.76. The summed E-state index contributed by atoms with van der Waals surface area (Å²) in [4.78, 5) is 14.2. The zero-order valence-electron chi connectivity index (χ0n) is 11.9. The Kier molecular flexibility index (Phi) is 4.54. The Labute approximate surface area is 122 Å². The summed E-state index contributed by atoms with van der Waals surface area (Å²) in [5, 5.41) is 20.9. The van der Waals surface area contributed by atoms with Crippen LogP contribution in [0, 0.1) is 24.0 Å². The van der Waals surface area contributed by atoms with Gasteiger partial charge in [0.15, 0.2) is 5.82 Å². The lowest BCUT2D eigenvalue weighted by atomic mass is 10.2. The lowest BCUT2D eigenvalue weighted by Crippen LogP contribution is -2.25. The number of hydrogen-bond donors (Lipinski definition) is 1. The Morgan fingerprint density at radius 3 is 2.81 bits per heavy atom. The van der Waals surface area contributed by atoms with Gasteiger partial charge in [0.25, 0.3) is 0 Å². The van der Waals surface area contributed by atoms with E-state index >= 15 is 0 Å². The third kappa shape index (κ3) is 3.57. The molecule has 0 fully saturated rings. The third-order valence-corrected chi connectivity index (χ3v) is 3.14. The van der Waals surface area contributed by atoms with Gasteiger partial charge in [0.05, 0.1) is 0 Å². The van der Waals surface area contributed by atoms with Gasteiger partial charge in [-0.05, 0) is 23.5 Å². The molecule has 0 bridgehead atoms. The van der Waals surface area contributed by atoms with Gasteiger partial charge in [-0.3, -0.25) is 0 Å². The van der Waals surface area contributed by atoms with E-state index in [2.05, 4.69) is 4.98 Å². The quantitative estimate of drug-likeness (QED) is 0.648. The fourth-order valence-electron chi connectivity index (χ4n) is 2.00. The third-order valence-electron chi connectivity index (χ3n) is 3.14. The maximum absolute atomic E-state index is 10.9. The Balaban J connectivity index is 1.99. The summed E-state index contributed by atoms with van der Waals surface area (Å²) in [6.45, 7) is 3.68. The number of para-hydroxylation sites is 1. The minimum atomic E-state index is -0.865. The number of aliphatic hydroxyl groups excluding tert-OH is 1. The summed E-state index contributed by atoms with van der Waals surface area (Å²) >= 11 is 0. The van der Waals surface area contributed by atoms with E-state index in [1.54, 1.807) is 6.92 Å². The maximum Gasteiger partial charge on any atom is 0.342 e. The Bertz CT molecular complexity index is 639. The summed E-state index contributed by atoms with van der Waals surface area (Å²) in [6.07, 6.45) is 0.320. The zero-order chi connectivity index (χ0) is 15.4. The van der Waals surface area contributed by atoms with Crippen molar-refractivity contribution in [2.24, 2.45) is 0 Å². The fourth-order valence-corrected chi connectivity index (χ4v) is 2.00. The lowest BCUT2D eigenvalue weighted by molar-refractivity contribution is -0.392. The van der Waals surface area contributed by atoms with Crippen LogP contribution >= 0.6 is 0 Å². The van der Waals surface area contributed by atoms with Crippen LogP contribution in [0.2, 0.25) is 0 Å². The van der Waals surface area contributed by atoms with Crippen LogP contribution in [0.4, 0.5) is 5.82 Å². The molecule has 0 amide bonds. The van der Waals surface area contributed by atoms with Gasteiger partial charge in [-0.15, -0.1) is 0 Å². The number of nitro groups is 1. The summed E-state index contributed by atoms with van der Waals surface area (Å²) < 4.78 is 6.90. The first-order chi connectivity index (χ1) is 9.99. The van der Waals surface area contributed by atoms with Crippen molar-refractivity contribution in [3.63, 3.8) is 0 Å². The standard InChI is InChI=1S/C14H17N3O4/c1-10-5-3-4-6-13(10)21-9-12(18)8-16-11(2)15-7-14(16)17(19)20/h3-7,12,18H,8-9H2,1-2H3. The van der Waals surface area contributed by atoms with E-state index in [0.29, 0.717) is 11.6 Å². The van der Waals surface area contributed by atoms with Crippen molar-refractivity contribution in [2.75, 3.05) is 6.61 Å². The van der Waals surface area contributed by atoms with Crippen LogP contribution in [0.15, 0.2) is 30.5 Å². The highest BCUT2D eigenvalue weighted by molar-refractivity contribution is 5.31. The van der Waals surface area contributed by atoms with Crippen molar-refractivity contribution in [1.29, 1.82) is 0 Å². The number of nitrogens with zero attached hydrogens (tertiary/aromatic N) is 3. The number of aliphatic hydroxyl groups is 1. The van der Waals surface area contributed by atoms with Crippen LogP contribution in [0.3, 0.4) is 0 Å². The van der Waals surface area contributed by atoms with Gasteiger partial charge in [-0.25, -0.2) is 9.55 Å². The molecule has 0 radical (unpaired) electrons. The molecule has 2 aromatic rings. The van der Waals surface area contributed by atoms with Gasteiger partial charge in [-0.1, -0.05) is 18.2 Å². The van der Waals surface area contributed by atoms with E-state index in [0.717, 1.165) is 5.56 Å². The molecular formula is C14H17N3O4. The average Bonchev–Trinajstić information content (AvgIpc) is 2.79. The molecule has 0 spiro atoms. The Hall–Kier alpha value is -2.41. The van der Waals surface area contributed by atoms with Crippen molar-refractivity contribution in [3.05, 3.63) is 52.0 Å². The van der Waals surface area contributed by atoms with Crippen LogP contribution < -0.4 is 4.74 Å². The molecule has 0 aliphatic carbocycles. The van der Waals surface area contributed by atoms with Gasteiger partial charge in [-0.2, -0.15) is 0 Å². The number of rotatable bonds is 6. The normalized spacial score (nSPS) is 12.1. The van der Waals surface area contributed by atoms with Crippen molar-refractivity contribution >= 4 is 5.82 Å². The number of hydrogen-bond acceptors (Lipinski definition) is 5. The van der Waals surface area contributed by atoms with E-state index in [9.17, 15) is 15.2 Å². The Morgan fingerprint density at radius 2 is 2.14 bits per heavy atom. The molecule has 0 saturated carbocycles. The molecule has 7 heteroatoms. The zero-order valence-corrected chi connectivity index (χ0v) is 11.9. The molecule has 1 N–H and O–H groups in total. The summed E-state index contributed by atoms with van der Waals surface area (Å²) in [6, 6.07) is 7.47. The molecule has 112 valence electrons. The predicted octanol–water partition coefficient (Wildman–Crippen LogP) is 1.85. The minimum Gasteiger partial charge on any atom is -0.490 e. The fraction of sp³-hybridized carbons (Fsp3) is 0.357. The molecule has 1 heterocycles. The van der Waals surface area contributed by atoms with E-state index in [4.69, 9.17) is 4.74 Å². The van der Waals surface area contributed by atoms with Crippen LogP contribution in [-0.2, 0) is 6.54 Å². The van der Waals surface area contributed by atoms with Gasteiger partial charge in [0, 0.05) is 6.92 Å². The Morgan fingerprint density at radius 1 is 1.43 bits per heavy atom.